The summed E-state index contributed by atoms with van der Waals surface area (Å²) in [5, 5.41) is 3.18. The highest BCUT2D eigenvalue weighted by atomic mass is 35.5. The van der Waals surface area contributed by atoms with E-state index >= 15 is 0 Å². The number of pyridine rings is 1. The lowest BCUT2D eigenvalue weighted by Crippen LogP contribution is -2.48. The minimum atomic E-state index is -0.649. The number of piperazine rings is 1. The van der Waals surface area contributed by atoms with Gasteiger partial charge in [-0.1, -0.05) is 12.1 Å². The van der Waals surface area contributed by atoms with Crippen LogP contribution in [0, 0.1) is 11.6 Å². The lowest BCUT2D eigenvalue weighted by Gasteiger charge is -2.36. The second-order valence-electron chi connectivity index (χ2n) is 5.13. The number of hydrogen-bond donors (Lipinski definition) is 1. The molecule has 0 radical (unpaired) electrons. The van der Waals surface area contributed by atoms with E-state index in [0.717, 1.165) is 6.20 Å². The molecule has 1 aliphatic rings. The van der Waals surface area contributed by atoms with E-state index in [0.29, 0.717) is 25.2 Å². The molecule has 3 rings (SSSR count). The van der Waals surface area contributed by atoms with Crippen molar-refractivity contribution >= 4 is 30.7 Å². The number of aromatic nitrogens is 1. The zero-order chi connectivity index (χ0) is 15.5. The van der Waals surface area contributed by atoms with Crippen molar-refractivity contribution in [2.24, 2.45) is 0 Å². The van der Waals surface area contributed by atoms with Crippen LogP contribution in [0.2, 0.25) is 0 Å². The molecule has 1 aromatic heterocycles. The molecule has 0 aliphatic carbocycles. The molecule has 4 nitrogen and oxygen atoms in total. The van der Waals surface area contributed by atoms with Crippen molar-refractivity contribution in [3.63, 3.8) is 0 Å². The summed E-state index contributed by atoms with van der Waals surface area (Å²) >= 11 is 0. The molecule has 24 heavy (non-hydrogen) atoms. The number of halogens is 4. The summed E-state index contributed by atoms with van der Waals surface area (Å²) in [5.74, 6) is -1.41. The van der Waals surface area contributed by atoms with Crippen LogP contribution in [-0.4, -0.2) is 35.4 Å². The summed E-state index contributed by atoms with van der Waals surface area (Å²) in [6.07, 6.45) is 2.41. The molecular formula is C16H17Cl2F2N3O. The molecule has 130 valence electrons. The zero-order valence-electron chi connectivity index (χ0n) is 12.6. The van der Waals surface area contributed by atoms with Gasteiger partial charge in [0.15, 0.2) is 5.82 Å². The summed E-state index contributed by atoms with van der Waals surface area (Å²) in [6.45, 7) is 1.55. The molecule has 0 spiro atoms. The fraction of sp³-hybridized carbons (Fsp3) is 0.250. The summed E-state index contributed by atoms with van der Waals surface area (Å²) in [4.78, 5) is 17.9. The van der Waals surface area contributed by atoms with Crippen molar-refractivity contribution in [2.75, 3.05) is 19.6 Å². The second-order valence-corrected chi connectivity index (χ2v) is 5.13. The van der Waals surface area contributed by atoms with Crippen LogP contribution < -0.4 is 5.32 Å². The normalized spacial score (nSPS) is 16.8. The first-order valence-corrected chi connectivity index (χ1v) is 7.03. The van der Waals surface area contributed by atoms with Crippen molar-refractivity contribution in [1.29, 1.82) is 0 Å². The third-order valence-corrected chi connectivity index (χ3v) is 3.74. The van der Waals surface area contributed by atoms with E-state index in [1.54, 1.807) is 17.0 Å². The number of nitrogens with zero attached hydrogens (tertiary/aromatic N) is 2. The standard InChI is InChI=1S/C16H15F2N3O.2ClH/c17-12-3-1-2-11(8-12)15-10-20-6-7-21(15)16(22)13-4-5-19-9-14(13)18;;/h1-5,8-9,15,20H,6-7,10H2;2*1H. The Balaban J connectivity index is 0.00000144. The van der Waals surface area contributed by atoms with Gasteiger partial charge in [0.1, 0.15) is 5.82 Å². The van der Waals surface area contributed by atoms with E-state index in [4.69, 9.17) is 0 Å². The number of nitrogens with one attached hydrogen (secondary N) is 1. The molecule has 1 atom stereocenters. The van der Waals surface area contributed by atoms with Gasteiger partial charge in [0, 0.05) is 25.8 Å². The Bertz CT molecular complexity index is 703. The third kappa shape index (κ3) is 4.20. The van der Waals surface area contributed by atoms with Gasteiger partial charge in [-0.3, -0.25) is 9.78 Å². The summed E-state index contributed by atoms with van der Waals surface area (Å²) in [7, 11) is 0. The van der Waals surface area contributed by atoms with Gasteiger partial charge in [-0.05, 0) is 23.8 Å². The van der Waals surface area contributed by atoms with Crippen molar-refractivity contribution in [1.82, 2.24) is 15.2 Å². The first kappa shape index (κ1) is 20.3. The Morgan fingerprint density at radius 3 is 2.75 bits per heavy atom. The van der Waals surface area contributed by atoms with Crippen LogP contribution in [0.5, 0.6) is 0 Å². The van der Waals surface area contributed by atoms with E-state index in [1.165, 1.54) is 24.4 Å². The molecule has 1 aromatic carbocycles. The Kier molecular flexibility index (Phi) is 7.54. The smallest absolute Gasteiger partial charge is 0.257 e. The molecule has 8 heteroatoms. The SMILES string of the molecule is Cl.Cl.O=C(c1ccncc1F)N1CCNCC1c1cccc(F)c1. The van der Waals surface area contributed by atoms with E-state index in [-0.39, 0.29) is 42.2 Å². The fourth-order valence-corrected chi connectivity index (χ4v) is 2.66. The highest BCUT2D eigenvalue weighted by molar-refractivity contribution is 5.94. The van der Waals surface area contributed by atoms with Crippen LogP contribution in [0.15, 0.2) is 42.7 Å². The van der Waals surface area contributed by atoms with Crippen LogP contribution >= 0.6 is 24.8 Å². The van der Waals surface area contributed by atoms with Crippen LogP contribution in [0.25, 0.3) is 0 Å². The van der Waals surface area contributed by atoms with E-state index in [1.807, 2.05) is 0 Å². The number of hydrogen-bond acceptors (Lipinski definition) is 3. The topological polar surface area (TPSA) is 45.2 Å². The minimum Gasteiger partial charge on any atom is -0.329 e. The first-order valence-electron chi connectivity index (χ1n) is 7.03. The van der Waals surface area contributed by atoms with Gasteiger partial charge in [0.2, 0.25) is 0 Å². The maximum absolute atomic E-state index is 13.8. The van der Waals surface area contributed by atoms with Crippen molar-refractivity contribution in [3.05, 3.63) is 65.5 Å². The largest absolute Gasteiger partial charge is 0.329 e. The molecule has 1 fully saturated rings. The molecule has 1 saturated heterocycles. The monoisotopic (exact) mass is 375 g/mol. The molecule has 1 amide bonds. The van der Waals surface area contributed by atoms with Gasteiger partial charge in [0.05, 0.1) is 17.8 Å². The number of amides is 1. The van der Waals surface area contributed by atoms with Crippen LogP contribution in [-0.2, 0) is 0 Å². The van der Waals surface area contributed by atoms with Crippen LogP contribution in [0.1, 0.15) is 22.0 Å². The summed E-state index contributed by atoms with van der Waals surface area (Å²) < 4.78 is 27.2. The van der Waals surface area contributed by atoms with Crippen molar-refractivity contribution < 1.29 is 13.6 Å². The number of carbonyl (C=O) groups excluding carboxylic acids is 1. The maximum Gasteiger partial charge on any atom is 0.257 e. The average molecular weight is 376 g/mol. The number of rotatable bonds is 2. The highest BCUT2D eigenvalue weighted by Crippen LogP contribution is 2.25. The minimum absolute atomic E-state index is 0. The molecule has 2 aromatic rings. The second kappa shape index (κ2) is 8.92. The summed E-state index contributed by atoms with van der Waals surface area (Å²) in [5.41, 5.74) is 0.674. The lowest BCUT2D eigenvalue weighted by molar-refractivity contribution is 0.0629. The van der Waals surface area contributed by atoms with Crippen LogP contribution in [0.4, 0.5) is 8.78 Å². The van der Waals surface area contributed by atoms with Crippen molar-refractivity contribution in [3.8, 4) is 0 Å². The predicted molar refractivity (Wildman–Crippen MR) is 91.7 cm³/mol. The number of carbonyl (C=O) groups is 1. The molecule has 1 aliphatic heterocycles. The van der Waals surface area contributed by atoms with Gasteiger partial charge in [-0.2, -0.15) is 0 Å². The van der Waals surface area contributed by atoms with Crippen LogP contribution in [0.3, 0.4) is 0 Å². The Hall–Kier alpha value is -1.76. The van der Waals surface area contributed by atoms with Crippen molar-refractivity contribution in [2.45, 2.75) is 6.04 Å². The van der Waals surface area contributed by atoms with Gasteiger partial charge in [0.25, 0.3) is 5.91 Å². The molecular weight excluding hydrogens is 359 g/mol. The van der Waals surface area contributed by atoms with E-state index < -0.39 is 11.7 Å². The lowest BCUT2D eigenvalue weighted by atomic mass is 10.0. The Labute approximate surface area is 151 Å². The average Bonchev–Trinajstić information content (AvgIpc) is 2.55. The van der Waals surface area contributed by atoms with Gasteiger partial charge < -0.3 is 10.2 Å². The third-order valence-electron chi connectivity index (χ3n) is 3.74. The Morgan fingerprint density at radius 1 is 1.25 bits per heavy atom. The Morgan fingerprint density at radius 2 is 2.04 bits per heavy atom. The molecule has 0 bridgehead atoms. The predicted octanol–water partition coefficient (Wildman–Crippen LogP) is 2.99. The van der Waals surface area contributed by atoms with E-state index in [9.17, 15) is 13.6 Å². The maximum atomic E-state index is 13.8. The van der Waals surface area contributed by atoms with E-state index in [2.05, 4.69) is 10.3 Å². The van der Waals surface area contributed by atoms with Gasteiger partial charge >= 0.3 is 0 Å². The summed E-state index contributed by atoms with van der Waals surface area (Å²) in [6, 6.07) is 7.17. The van der Waals surface area contributed by atoms with Gasteiger partial charge in [-0.15, -0.1) is 24.8 Å². The molecule has 1 unspecified atom stereocenters. The quantitative estimate of drug-likeness (QED) is 0.877. The zero-order valence-corrected chi connectivity index (χ0v) is 14.2. The fourth-order valence-electron chi connectivity index (χ4n) is 2.66. The molecule has 2 heterocycles. The number of benzene rings is 1. The highest BCUT2D eigenvalue weighted by Gasteiger charge is 2.30. The van der Waals surface area contributed by atoms with Gasteiger partial charge in [-0.25, -0.2) is 8.78 Å². The first-order chi connectivity index (χ1) is 10.7. The molecule has 0 saturated carbocycles. The molecule has 1 N–H and O–H groups in total.